The van der Waals surface area contributed by atoms with Gasteiger partial charge in [-0.15, -0.1) is 0 Å². The van der Waals surface area contributed by atoms with Gasteiger partial charge < -0.3 is 4.79 Å². The van der Waals surface area contributed by atoms with E-state index in [4.69, 9.17) is 0 Å². The summed E-state index contributed by atoms with van der Waals surface area (Å²) >= 11 is 0. The van der Waals surface area contributed by atoms with E-state index in [2.05, 4.69) is 31.2 Å². The lowest BCUT2D eigenvalue weighted by Gasteiger charge is -2.14. The average molecular weight is 232 g/mol. The zero-order valence-corrected chi connectivity index (χ0v) is 10.9. The van der Waals surface area contributed by atoms with Crippen LogP contribution in [0.1, 0.15) is 63.4 Å². The summed E-state index contributed by atoms with van der Waals surface area (Å²) in [6.45, 7) is 2.24. The van der Waals surface area contributed by atoms with Crippen LogP contribution in [-0.2, 0) is 4.79 Å². The molecule has 0 aliphatic heterocycles. The number of hydrogen-bond donors (Lipinski definition) is 0. The van der Waals surface area contributed by atoms with Crippen LogP contribution in [-0.4, -0.2) is 6.29 Å². The van der Waals surface area contributed by atoms with Crippen molar-refractivity contribution in [2.45, 2.75) is 57.8 Å². The maximum absolute atomic E-state index is 10.7. The fourth-order valence-electron chi connectivity index (χ4n) is 2.26. The first-order valence-corrected chi connectivity index (χ1v) is 6.87. The van der Waals surface area contributed by atoms with Crippen molar-refractivity contribution in [1.82, 2.24) is 0 Å². The van der Waals surface area contributed by atoms with Crippen molar-refractivity contribution >= 4 is 6.29 Å². The summed E-state index contributed by atoms with van der Waals surface area (Å²) in [6, 6.07) is 10.4. The molecule has 94 valence electrons. The molecule has 17 heavy (non-hydrogen) atoms. The lowest BCUT2D eigenvalue weighted by molar-refractivity contribution is -0.108. The number of carbonyl (C=O) groups excluding carboxylic acids is 1. The van der Waals surface area contributed by atoms with E-state index in [1.54, 1.807) is 0 Å². The van der Waals surface area contributed by atoms with Crippen molar-refractivity contribution in [1.29, 1.82) is 0 Å². The van der Waals surface area contributed by atoms with Crippen molar-refractivity contribution in [2.24, 2.45) is 0 Å². The Labute approximate surface area is 105 Å². The van der Waals surface area contributed by atoms with Crippen molar-refractivity contribution in [3.05, 3.63) is 35.9 Å². The van der Waals surface area contributed by atoms with Gasteiger partial charge in [-0.1, -0.05) is 69.4 Å². The summed E-state index contributed by atoms with van der Waals surface area (Å²) in [6.07, 6.45) is 9.37. The average Bonchev–Trinajstić information content (AvgIpc) is 2.38. The van der Waals surface area contributed by atoms with E-state index in [-0.39, 0.29) is 0 Å². The maximum atomic E-state index is 10.7. The number of carbonyl (C=O) groups is 1. The van der Waals surface area contributed by atoms with E-state index in [0.29, 0.717) is 12.3 Å². The molecule has 0 aromatic heterocycles. The number of aldehydes is 1. The van der Waals surface area contributed by atoms with E-state index in [0.717, 1.165) is 12.7 Å². The predicted molar refractivity (Wildman–Crippen MR) is 73.2 cm³/mol. The first kappa shape index (κ1) is 14.0. The normalized spacial score (nSPS) is 12.3. The van der Waals surface area contributed by atoms with Gasteiger partial charge in [-0.3, -0.25) is 0 Å². The van der Waals surface area contributed by atoms with Gasteiger partial charge in [-0.25, -0.2) is 0 Å². The SMILES string of the molecule is CCCCCCCC(CC=O)c1ccccc1. The highest BCUT2D eigenvalue weighted by Crippen LogP contribution is 2.25. The Morgan fingerprint density at radius 1 is 1.06 bits per heavy atom. The van der Waals surface area contributed by atoms with Gasteiger partial charge in [0.15, 0.2) is 0 Å². The largest absolute Gasteiger partial charge is 0.303 e. The van der Waals surface area contributed by atoms with E-state index < -0.39 is 0 Å². The minimum Gasteiger partial charge on any atom is -0.303 e. The first-order chi connectivity index (χ1) is 8.38. The molecule has 0 aliphatic carbocycles. The van der Waals surface area contributed by atoms with Crippen molar-refractivity contribution in [3.63, 3.8) is 0 Å². The quantitative estimate of drug-likeness (QED) is 0.445. The van der Waals surface area contributed by atoms with Gasteiger partial charge in [0, 0.05) is 6.42 Å². The highest BCUT2D eigenvalue weighted by Gasteiger charge is 2.09. The number of rotatable bonds is 9. The second-order valence-corrected chi connectivity index (χ2v) is 4.71. The van der Waals surface area contributed by atoms with Crippen LogP contribution < -0.4 is 0 Å². The zero-order valence-electron chi connectivity index (χ0n) is 10.9. The minimum atomic E-state index is 0.426. The Kier molecular flexibility index (Phi) is 7.37. The molecule has 1 unspecified atom stereocenters. The standard InChI is InChI=1S/C16H24O/c1-2-3-4-5-7-12-16(13-14-17)15-10-8-6-9-11-15/h6,8-11,14,16H,2-5,7,12-13H2,1H3. The van der Waals surface area contributed by atoms with Gasteiger partial charge >= 0.3 is 0 Å². The third kappa shape index (κ3) is 5.67. The monoisotopic (exact) mass is 232 g/mol. The first-order valence-electron chi connectivity index (χ1n) is 6.87. The van der Waals surface area contributed by atoms with Crippen LogP contribution in [0.25, 0.3) is 0 Å². The van der Waals surface area contributed by atoms with Crippen LogP contribution in [0.2, 0.25) is 0 Å². The van der Waals surface area contributed by atoms with Crippen LogP contribution in [0.3, 0.4) is 0 Å². The highest BCUT2D eigenvalue weighted by molar-refractivity contribution is 5.51. The molecule has 1 aromatic rings. The molecule has 1 aromatic carbocycles. The Balaban J connectivity index is 2.36. The van der Waals surface area contributed by atoms with Crippen LogP contribution in [0.15, 0.2) is 30.3 Å². The summed E-state index contributed by atoms with van der Waals surface area (Å²) in [5.74, 6) is 0.426. The van der Waals surface area contributed by atoms with Crippen molar-refractivity contribution in [3.8, 4) is 0 Å². The number of unbranched alkanes of at least 4 members (excludes halogenated alkanes) is 4. The Morgan fingerprint density at radius 2 is 1.76 bits per heavy atom. The lowest BCUT2D eigenvalue weighted by Crippen LogP contribution is -1.99. The molecule has 1 heteroatoms. The molecule has 0 bridgehead atoms. The Morgan fingerprint density at radius 3 is 2.41 bits per heavy atom. The lowest BCUT2D eigenvalue weighted by atomic mass is 9.91. The fraction of sp³-hybridized carbons (Fsp3) is 0.562. The van der Waals surface area contributed by atoms with Crippen molar-refractivity contribution in [2.75, 3.05) is 0 Å². The van der Waals surface area contributed by atoms with Crippen LogP contribution in [0, 0.1) is 0 Å². The summed E-state index contributed by atoms with van der Waals surface area (Å²) in [7, 11) is 0. The smallest absolute Gasteiger partial charge is 0.120 e. The minimum absolute atomic E-state index is 0.426. The predicted octanol–water partition coefficient (Wildman–Crippen LogP) is 4.72. The molecule has 0 N–H and O–H groups in total. The van der Waals surface area contributed by atoms with Crippen LogP contribution >= 0.6 is 0 Å². The third-order valence-electron chi connectivity index (χ3n) is 3.31. The molecule has 0 aliphatic rings. The molecular weight excluding hydrogens is 208 g/mol. The number of hydrogen-bond acceptors (Lipinski definition) is 1. The van der Waals surface area contributed by atoms with E-state index in [1.807, 2.05) is 6.07 Å². The maximum Gasteiger partial charge on any atom is 0.120 e. The van der Waals surface area contributed by atoms with E-state index in [1.165, 1.54) is 37.7 Å². The van der Waals surface area contributed by atoms with E-state index in [9.17, 15) is 4.79 Å². The van der Waals surface area contributed by atoms with Crippen molar-refractivity contribution < 1.29 is 4.79 Å². The van der Waals surface area contributed by atoms with Crippen LogP contribution in [0.5, 0.6) is 0 Å². The summed E-state index contributed by atoms with van der Waals surface area (Å²) in [4.78, 5) is 10.7. The molecule has 0 heterocycles. The number of benzene rings is 1. The summed E-state index contributed by atoms with van der Waals surface area (Å²) in [5.41, 5.74) is 1.31. The topological polar surface area (TPSA) is 17.1 Å². The Hall–Kier alpha value is -1.11. The van der Waals surface area contributed by atoms with Gasteiger partial charge in [-0.05, 0) is 17.9 Å². The fourth-order valence-corrected chi connectivity index (χ4v) is 2.26. The molecule has 0 spiro atoms. The molecule has 0 saturated heterocycles. The highest BCUT2D eigenvalue weighted by atomic mass is 16.1. The molecule has 0 amide bonds. The van der Waals surface area contributed by atoms with Gasteiger partial charge in [0.05, 0.1) is 0 Å². The van der Waals surface area contributed by atoms with E-state index >= 15 is 0 Å². The Bertz CT molecular complexity index is 292. The molecular formula is C16H24O. The van der Waals surface area contributed by atoms with Gasteiger partial charge in [0.25, 0.3) is 0 Å². The van der Waals surface area contributed by atoms with Crippen LogP contribution in [0.4, 0.5) is 0 Å². The molecule has 0 fully saturated rings. The molecule has 1 rings (SSSR count). The molecule has 1 atom stereocenters. The second-order valence-electron chi connectivity index (χ2n) is 4.71. The third-order valence-corrected chi connectivity index (χ3v) is 3.31. The van der Waals surface area contributed by atoms with Gasteiger partial charge in [0.1, 0.15) is 6.29 Å². The zero-order chi connectivity index (χ0) is 12.3. The van der Waals surface area contributed by atoms with Gasteiger partial charge in [0.2, 0.25) is 0 Å². The molecule has 0 saturated carbocycles. The molecule has 0 radical (unpaired) electrons. The summed E-state index contributed by atoms with van der Waals surface area (Å²) in [5, 5.41) is 0. The van der Waals surface area contributed by atoms with Gasteiger partial charge in [-0.2, -0.15) is 0 Å². The second kappa shape index (κ2) is 8.98. The summed E-state index contributed by atoms with van der Waals surface area (Å²) < 4.78 is 0. The molecule has 1 nitrogen and oxygen atoms in total.